The van der Waals surface area contributed by atoms with Gasteiger partial charge in [0.15, 0.2) is 0 Å². The number of carbonyl (C=O) groups is 1. The number of hydrogen-bond acceptors (Lipinski definition) is 3. The van der Waals surface area contributed by atoms with Gasteiger partial charge in [0.05, 0.1) is 6.10 Å². The fraction of sp³-hybridized carbons (Fsp3) is 0.700. The van der Waals surface area contributed by atoms with Crippen LogP contribution >= 0.6 is 0 Å². The molecule has 0 aromatic heterocycles. The van der Waals surface area contributed by atoms with E-state index in [1.165, 1.54) is 12.8 Å². The van der Waals surface area contributed by atoms with E-state index in [0.29, 0.717) is 11.5 Å². The fourth-order valence-electron chi connectivity index (χ4n) is 1.10. The van der Waals surface area contributed by atoms with E-state index in [2.05, 4.69) is 6.58 Å². The summed E-state index contributed by atoms with van der Waals surface area (Å²) < 4.78 is 4.81. The number of hydrogen-bond donors (Lipinski definition) is 1. The summed E-state index contributed by atoms with van der Waals surface area (Å²) in [6, 6.07) is 0. The summed E-state index contributed by atoms with van der Waals surface area (Å²) in [6.45, 7) is 5.14. The van der Waals surface area contributed by atoms with Crippen molar-refractivity contribution < 1.29 is 14.6 Å². The molecule has 1 aliphatic rings. The molecule has 74 valence electrons. The summed E-state index contributed by atoms with van der Waals surface area (Å²) in [4.78, 5) is 10.9. The minimum atomic E-state index is -0.504. The lowest BCUT2D eigenvalue weighted by molar-refractivity contribution is -0.142. The highest BCUT2D eigenvalue weighted by atomic mass is 16.5. The van der Waals surface area contributed by atoms with Gasteiger partial charge in [-0.15, -0.1) is 0 Å². The van der Waals surface area contributed by atoms with Crippen molar-refractivity contribution >= 4 is 5.97 Å². The van der Waals surface area contributed by atoms with Crippen molar-refractivity contribution in [2.75, 3.05) is 6.61 Å². The minimum Gasteiger partial charge on any atom is -0.460 e. The molecular weight excluding hydrogens is 168 g/mol. The Morgan fingerprint density at radius 3 is 2.77 bits per heavy atom. The molecule has 1 fully saturated rings. The first kappa shape index (κ1) is 10.3. The molecule has 1 unspecified atom stereocenters. The van der Waals surface area contributed by atoms with Crippen LogP contribution in [0.25, 0.3) is 0 Å². The zero-order chi connectivity index (χ0) is 9.84. The van der Waals surface area contributed by atoms with Crippen LogP contribution in [0.2, 0.25) is 0 Å². The van der Waals surface area contributed by atoms with E-state index >= 15 is 0 Å². The Labute approximate surface area is 78.4 Å². The number of rotatable bonds is 5. The Balaban J connectivity index is 2.09. The van der Waals surface area contributed by atoms with Crippen LogP contribution in [-0.4, -0.2) is 23.8 Å². The Morgan fingerprint density at radius 1 is 1.69 bits per heavy atom. The van der Waals surface area contributed by atoms with Crippen LogP contribution in [0, 0.1) is 5.92 Å². The molecule has 13 heavy (non-hydrogen) atoms. The number of aliphatic hydroxyl groups excluding tert-OH is 1. The maximum atomic E-state index is 10.9. The second-order valence-electron chi connectivity index (χ2n) is 3.71. The molecule has 1 rings (SSSR count). The highest BCUT2D eigenvalue weighted by Gasteiger charge is 2.24. The maximum absolute atomic E-state index is 10.9. The zero-order valence-corrected chi connectivity index (χ0v) is 7.95. The molecule has 0 amide bonds. The quantitative estimate of drug-likeness (QED) is 0.517. The average molecular weight is 184 g/mol. The molecule has 0 radical (unpaired) electrons. The molecule has 0 bridgehead atoms. The van der Waals surface area contributed by atoms with Crippen molar-refractivity contribution in [1.29, 1.82) is 0 Å². The van der Waals surface area contributed by atoms with E-state index in [-0.39, 0.29) is 6.61 Å². The van der Waals surface area contributed by atoms with Gasteiger partial charge in [-0.25, -0.2) is 4.79 Å². The summed E-state index contributed by atoms with van der Waals surface area (Å²) in [5, 5.41) is 9.38. The molecule has 1 saturated carbocycles. The third kappa shape index (κ3) is 4.08. The van der Waals surface area contributed by atoms with Crippen LogP contribution < -0.4 is 0 Å². The lowest BCUT2D eigenvalue weighted by Gasteiger charge is -2.10. The first-order valence-corrected chi connectivity index (χ1v) is 4.60. The number of ether oxygens (including phenoxy) is 1. The van der Waals surface area contributed by atoms with Gasteiger partial charge < -0.3 is 9.84 Å². The van der Waals surface area contributed by atoms with Crippen molar-refractivity contribution in [3.05, 3.63) is 12.2 Å². The van der Waals surface area contributed by atoms with Gasteiger partial charge in [0.1, 0.15) is 6.61 Å². The van der Waals surface area contributed by atoms with Crippen LogP contribution in [0.1, 0.15) is 26.2 Å². The van der Waals surface area contributed by atoms with E-state index in [9.17, 15) is 9.90 Å². The molecule has 1 aliphatic carbocycles. The van der Waals surface area contributed by atoms with Crippen molar-refractivity contribution in [3.8, 4) is 0 Å². The summed E-state index contributed by atoms with van der Waals surface area (Å²) in [5.41, 5.74) is 0.374. The maximum Gasteiger partial charge on any atom is 0.333 e. The molecule has 1 atom stereocenters. The van der Waals surface area contributed by atoms with Crippen molar-refractivity contribution in [1.82, 2.24) is 0 Å². The fourth-order valence-corrected chi connectivity index (χ4v) is 1.10. The number of carbonyl (C=O) groups excluding carboxylic acids is 1. The Hall–Kier alpha value is -0.830. The second-order valence-corrected chi connectivity index (χ2v) is 3.71. The van der Waals surface area contributed by atoms with Gasteiger partial charge in [-0.05, 0) is 19.3 Å². The molecule has 1 N–H and O–H groups in total. The van der Waals surface area contributed by atoms with Crippen molar-refractivity contribution in [3.63, 3.8) is 0 Å². The third-order valence-corrected chi connectivity index (χ3v) is 2.06. The average Bonchev–Trinajstić information content (AvgIpc) is 2.83. The number of aliphatic hydroxyl groups is 1. The first-order valence-electron chi connectivity index (χ1n) is 4.60. The molecule has 0 aromatic carbocycles. The smallest absolute Gasteiger partial charge is 0.333 e. The predicted molar refractivity (Wildman–Crippen MR) is 49.1 cm³/mol. The minimum absolute atomic E-state index is 0.0994. The van der Waals surface area contributed by atoms with Crippen LogP contribution in [0.4, 0.5) is 0 Å². The van der Waals surface area contributed by atoms with Gasteiger partial charge in [0.2, 0.25) is 0 Å². The van der Waals surface area contributed by atoms with Crippen molar-refractivity contribution in [2.45, 2.75) is 32.3 Å². The molecular formula is C10H16O3. The molecule has 0 aromatic rings. The van der Waals surface area contributed by atoms with Gasteiger partial charge in [-0.1, -0.05) is 19.4 Å². The lowest BCUT2D eigenvalue weighted by atomic mass is 10.2. The van der Waals surface area contributed by atoms with Crippen LogP contribution in [-0.2, 0) is 9.53 Å². The molecule has 3 nitrogen and oxygen atoms in total. The summed E-state index contributed by atoms with van der Waals surface area (Å²) in [6.07, 6.45) is 2.65. The standard InChI is InChI=1S/C10H16O3/c1-7(2)10(12)13-6-9(11)5-8-3-4-8/h8-9,11H,1,3-6H2,2H3. The summed E-state index contributed by atoms with van der Waals surface area (Å²) >= 11 is 0. The van der Waals surface area contributed by atoms with Crippen LogP contribution in [0.15, 0.2) is 12.2 Å². The Kier molecular flexibility index (Phi) is 3.48. The molecule has 0 aliphatic heterocycles. The topological polar surface area (TPSA) is 46.5 Å². The highest BCUT2D eigenvalue weighted by Crippen LogP contribution is 2.33. The van der Waals surface area contributed by atoms with E-state index in [1.807, 2.05) is 0 Å². The molecule has 0 saturated heterocycles. The largest absolute Gasteiger partial charge is 0.460 e. The first-order chi connectivity index (χ1) is 6.09. The normalized spacial score (nSPS) is 18.0. The molecule has 0 spiro atoms. The van der Waals surface area contributed by atoms with E-state index in [1.54, 1.807) is 6.92 Å². The van der Waals surface area contributed by atoms with E-state index < -0.39 is 12.1 Å². The number of esters is 1. The Morgan fingerprint density at radius 2 is 2.31 bits per heavy atom. The van der Waals surface area contributed by atoms with Gasteiger partial charge in [-0.2, -0.15) is 0 Å². The Bertz CT molecular complexity index is 206. The summed E-state index contributed by atoms with van der Waals surface area (Å²) in [5.74, 6) is 0.230. The van der Waals surface area contributed by atoms with Crippen LogP contribution in [0.3, 0.4) is 0 Å². The van der Waals surface area contributed by atoms with E-state index in [0.717, 1.165) is 6.42 Å². The highest BCUT2D eigenvalue weighted by molar-refractivity contribution is 5.86. The van der Waals surface area contributed by atoms with Gasteiger partial charge >= 0.3 is 5.97 Å². The second kappa shape index (κ2) is 4.42. The third-order valence-electron chi connectivity index (χ3n) is 2.06. The zero-order valence-electron chi connectivity index (χ0n) is 7.95. The molecule has 0 heterocycles. The van der Waals surface area contributed by atoms with Gasteiger partial charge in [0.25, 0.3) is 0 Å². The SMILES string of the molecule is C=C(C)C(=O)OCC(O)CC1CC1. The van der Waals surface area contributed by atoms with Gasteiger partial charge in [0, 0.05) is 5.57 Å². The lowest BCUT2D eigenvalue weighted by Crippen LogP contribution is -2.19. The van der Waals surface area contributed by atoms with Crippen molar-refractivity contribution in [2.24, 2.45) is 5.92 Å². The monoisotopic (exact) mass is 184 g/mol. The van der Waals surface area contributed by atoms with Crippen LogP contribution in [0.5, 0.6) is 0 Å². The van der Waals surface area contributed by atoms with Gasteiger partial charge in [-0.3, -0.25) is 0 Å². The summed E-state index contributed by atoms with van der Waals surface area (Å²) in [7, 11) is 0. The molecule has 3 heteroatoms. The predicted octanol–water partition coefficient (Wildman–Crippen LogP) is 1.27. The van der Waals surface area contributed by atoms with E-state index in [4.69, 9.17) is 4.74 Å².